The fourth-order valence-electron chi connectivity index (χ4n) is 2.07. The van der Waals surface area contributed by atoms with E-state index in [1.54, 1.807) is 7.11 Å². The lowest BCUT2D eigenvalue weighted by atomic mass is 10.0. The fourth-order valence-corrected chi connectivity index (χ4v) is 2.07. The molecular weight excluding hydrogens is 262 g/mol. The summed E-state index contributed by atoms with van der Waals surface area (Å²) in [5.74, 6) is 2.12. The Morgan fingerprint density at radius 2 is 1.62 bits per heavy atom. The van der Waals surface area contributed by atoms with E-state index in [2.05, 4.69) is 19.2 Å². The summed E-state index contributed by atoms with van der Waals surface area (Å²) in [5, 5.41) is 3.52. The average Bonchev–Trinajstić information content (AvgIpc) is 2.49. The third kappa shape index (κ3) is 4.50. The molecule has 1 unspecified atom stereocenters. The minimum absolute atomic E-state index is 0.246. The molecule has 2 rings (SSSR count). The SMILES string of the molecule is COCC(Nc1ccccc1Oc1ccccc1)C(C)C. The number of hydrogen-bond donors (Lipinski definition) is 1. The molecule has 0 saturated heterocycles. The second-order valence-corrected chi connectivity index (χ2v) is 5.36. The van der Waals surface area contributed by atoms with E-state index in [0.29, 0.717) is 12.5 Å². The van der Waals surface area contributed by atoms with E-state index in [9.17, 15) is 0 Å². The van der Waals surface area contributed by atoms with Gasteiger partial charge in [0.2, 0.25) is 0 Å². The van der Waals surface area contributed by atoms with Crippen molar-refractivity contribution in [1.29, 1.82) is 0 Å². The first-order chi connectivity index (χ1) is 10.2. The smallest absolute Gasteiger partial charge is 0.150 e. The van der Waals surface area contributed by atoms with Gasteiger partial charge < -0.3 is 14.8 Å². The van der Waals surface area contributed by atoms with Gasteiger partial charge in [0.15, 0.2) is 5.75 Å². The van der Waals surface area contributed by atoms with Gasteiger partial charge in [-0.05, 0) is 30.2 Å². The van der Waals surface area contributed by atoms with Gasteiger partial charge in [-0.25, -0.2) is 0 Å². The Bertz CT molecular complexity index is 540. The van der Waals surface area contributed by atoms with Crippen molar-refractivity contribution in [2.75, 3.05) is 19.0 Å². The zero-order valence-electron chi connectivity index (χ0n) is 12.9. The predicted octanol–water partition coefficient (Wildman–Crippen LogP) is 4.56. The van der Waals surface area contributed by atoms with Crippen LogP contribution in [0.15, 0.2) is 54.6 Å². The van der Waals surface area contributed by atoms with Crippen LogP contribution in [0.5, 0.6) is 11.5 Å². The van der Waals surface area contributed by atoms with Crippen LogP contribution in [-0.2, 0) is 4.74 Å². The van der Waals surface area contributed by atoms with Crippen LogP contribution < -0.4 is 10.1 Å². The topological polar surface area (TPSA) is 30.5 Å². The second kappa shape index (κ2) is 7.70. The molecule has 112 valence electrons. The molecule has 1 N–H and O–H groups in total. The summed E-state index contributed by atoms with van der Waals surface area (Å²) in [6.07, 6.45) is 0. The van der Waals surface area contributed by atoms with Crippen LogP contribution in [0.2, 0.25) is 0 Å². The van der Waals surface area contributed by atoms with Crippen LogP contribution >= 0.6 is 0 Å². The van der Waals surface area contributed by atoms with Crippen molar-refractivity contribution in [3.05, 3.63) is 54.6 Å². The van der Waals surface area contributed by atoms with Crippen molar-refractivity contribution in [2.45, 2.75) is 19.9 Å². The monoisotopic (exact) mass is 285 g/mol. The predicted molar refractivity (Wildman–Crippen MR) is 87.1 cm³/mol. The number of ether oxygens (including phenoxy) is 2. The van der Waals surface area contributed by atoms with Gasteiger partial charge in [-0.1, -0.05) is 44.2 Å². The first-order valence-electron chi connectivity index (χ1n) is 7.28. The third-order valence-electron chi connectivity index (χ3n) is 3.35. The highest BCUT2D eigenvalue weighted by atomic mass is 16.5. The number of rotatable bonds is 7. The van der Waals surface area contributed by atoms with Crippen LogP contribution in [0.25, 0.3) is 0 Å². The highest BCUT2D eigenvalue weighted by Crippen LogP contribution is 2.30. The Morgan fingerprint density at radius 1 is 0.952 bits per heavy atom. The third-order valence-corrected chi connectivity index (χ3v) is 3.35. The Hall–Kier alpha value is -2.00. The maximum atomic E-state index is 5.96. The van der Waals surface area contributed by atoms with E-state index < -0.39 is 0 Å². The molecule has 21 heavy (non-hydrogen) atoms. The first-order valence-corrected chi connectivity index (χ1v) is 7.28. The molecule has 0 fully saturated rings. The lowest BCUT2D eigenvalue weighted by molar-refractivity contribution is 0.171. The van der Waals surface area contributed by atoms with Crippen molar-refractivity contribution in [1.82, 2.24) is 0 Å². The van der Waals surface area contributed by atoms with Gasteiger partial charge in [-0.2, -0.15) is 0 Å². The molecule has 0 spiro atoms. The van der Waals surface area contributed by atoms with Crippen LogP contribution in [0.4, 0.5) is 5.69 Å². The molecule has 2 aromatic carbocycles. The molecule has 0 radical (unpaired) electrons. The number of hydrogen-bond acceptors (Lipinski definition) is 3. The molecule has 0 aromatic heterocycles. The molecule has 3 heteroatoms. The van der Waals surface area contributed by atoms with Crippen LogP contribution in [0.3, 0.4) is 0 Å². The van der Waals surface area contributed by atoms with Crippen LogP contribution in [-0.4, -0.2) is 19.8 Å². The molecule has 0 aliphatic heterocycles. The molecule has 1 atom stereocenters. The van der Waals surface area contributed by atoms with Crippen molar-refractivity contribution >= 4 is 5.69 Å². The van der Waals surface area contributed by atoms with Crippen LogP contribution in [0.1, 0.15) is 13.8 Å². The van der Waals surface area contributed by atoms with Gasteiger partial charge in [-0.3, -0.25) is 0 Å². The lowest BCUT2D eigenvalue weighted by Gasteiger charge is -2.24. The first kappa shape index (κ1) is 15.4. The van der Waals surface area contributed by atoms with E-state index in [4.69, 9.17) is 9.47 Å². The fraction of sp³-hybridized carbons (Fsp3) is 0.333. The highest BCUT2D eigenvalue weighted by molar-refractivity contribution is 5.58. The van der Waals surface area contributed by atoms with Gasteiger partial charge in [0, 0.05) is 7.11 Å². The summed E-state index contributed by atoms with van der Waals surface area (Å²) >= 11 is 0. The number of anilines is 1. The minimum Gasteiger partial charge on any atom is -0.455 e. The Labute approximate surface area is 126 Å². The average molecular weight is 285 g/mol. The van der Waals surface area contributed by atoms with E-state index in [-0.39, 0.29) is 6.04 Å². The Kier molecular flexibility index (Phi) is 5.64. The molecular formula is C18H23NO2. The normalized spacial score (nSPS) is 12.2. The maximum absolute atomic E-state index is 5.96. The molecule has 0 aliphatic carbocycles. The number of para-hydroxylation sites is 3. The number of benzene rings is 2. The molecule has 0 saturated carbocycles. The molecule has 0 aliphatic rings. The van der Waals surface area contributed by atoms with E-state index >= 15 is 0 Å². The standard InChI is InChI=1S/C18H23NO2/c1-14(2)17(13-20-3)19-16-11-7-8-12-18(16)21-15-9-5-4-6-10-15/h4-12,14,17,19H,13H2,1-3H3. The summed E-state index contributed by atoms with van der Waals surface area (Å²) in [5.41, 5.74) is 0.983. The zero-order valence-corrected chi connectivity index (χ0v) is 12.9. The second-order valence-electron chi connectivity index (χ2n) is 5.36. The quantitative estimate of drug-likeness (QED) is 0.808. The molecule has 0 amide bonds. The molecule has 0 bridgehead atoms. The minimum atomic E-state index is 0.246. The summed E-state index contributed by atoms with van der Waals surface area (Å²) in [6.45, 7) is 5.02. The van der Waals surface area contributed by atoms with Crippen molar-refractivity contribution < 1.29 is 9.47 Å². The summed E-state index contributed by atoms with van der Waals surface area (Å²) < 4.78 is 11.3. The summed E-state index contributed by atoms with van der Waals surface area (Å²) in [4.78, 5) is 0. The van der Waals surface area contributed by atoms with Crippen molar-refractivity contribution in [2.24, 2.45) is 5.92 Å². The maximum Gasteiger partial charge on any atom is 0.150 e. The summed E-state index contributed by atoms with van der Waals surface area (Å²) in [6, 6.07) is 18.0. The van der Waals surface area contributed by atoms with E-state index in [1.165, 1.54) is 0 Å². The van der Waals surface area contributed by atoms with Crippen LogP contribution in [0, 0.1) is 5.92 Å². The lowest BCUT2D eigenvalue weighted by Crippen LogP contribution is -2.30. The van der Waals surface area contributed by atoms with Crippen molar-refractivity contribution in [3.8, 4) is 11.5 Å². The number of methoxy groups -OCH3 is 1. The zero-order chi connectivity index (χ0) is 15.1. The Balaban J connectivity index is 2.16. The molecule has 3 nitrogen and oxygen atoms in total. The van der Waals surface area contributed by atoms with E-state index in [1.807, 2.05) is 54.6 Å². The largest absolute Gasteiger partial charge is 0.455 e. The van der Waals surface area contributed by atoms with Gasteiger partial charge in [0.1, 0.15) is 5.75 Å². The molecule has 0 heterocycles. The van der Waals surface area contributed by atoms with Gasteiger partial charge in [0.05, 0.1) is 18.3 Å². The number of nitrogens with one attached hydrogen (secondary N) is 1. The summed E-state index contributed by atoms with van der Waals surface area (Å²) in [7, 11) is 1.73. The van der Waals surface area contributed by atoms with Gasteiger partial charge in [0.25, 0.3) is 0 Å². The van der Waals surface area contributed by atoms with Gasteiger partial charge in [-0.15, -0.1) is 0 Å². The highest BCUT2D eigenvalue weighted by Gasteiger charge is 2.15. The van der Waals surface area contributed by atoms with E-state index in [0.717, 1.165) is 17.2 Å². The van der Waals surface area contributed by atoms with Crippen molar-refractivity contribution in [3.63, 3.8) is 0 Å². The Morgan fingerprint density at radius 3 is 2.29 bits per heavy atom. The van der Waals surface area contributed by atoms with Gasteiger partial charge >= 0.3 is 0 Å². The molecule has 2 aromatic rings.